The van der Waals surface area contributed by atoms with Gasteiger partial charge in [-0.3, -0.25) is 19.5 Å². The average molecular weight is 670 g/mol. The maximum Gasteiger partial charge on any atom is 0.455 e. The monoisotopic (exact) mass is 670 g/mol. The normalized spacial score (nSPS) is 24.6. The van der Waals surface area contributed by atoms with E-state index in [2.05, 4.69) is 34.5 Å². The molecule has 41 heavy (non-hydrogen) atoms. The van der Waals surface area contributed by atoms with E-state index >= 15 is 0 Å². The van der Waals surface area contributed by atoms with Crippen LogP contribution in [0.1, 0.15) is 57.2 Å². The lowest BCUT2D eigenvalue weighted by atomic mass is 9.58. The van der Waals surface area contributed by atoms with Gasteiger partial charge in [-0.25, -0.2) is 0 Å². The number of aromatic hydroxyl groups is 1. The molecule has 1 aromatic carbocycles. The van der Waals surface area contributed by atoms with Crippen molar-refractivity contribution in [1.29, 1.82) is 0 Å². The Morgan fingerprint density at radius 2 is 2.05 bits per heavy atom. The molecule has 5 rings (SSSR count). The molecular formula is C31H36BIN2O6. The molecule has 2 aromatic rings. The second-order valence-electron chi connectivity index (χ2n) is 11.0. The number of halogens is 1. The number of imide groups is 1. The maximum atomic E-state index is 13.5. The summed E-state index contributed by atoms with van der Waals surface area (Å²) in [4.78, 5) is 32.7. The van der Waals surface area contributed by atoms with Crippen molar-refractivity contribution in [2.75, 3.05) is 13.7 Å². The Labute approximate surface area is 255 Å². The Morgan fingerprint density at radius 1 is 1.24 bits per heavy atom. The van der Waals surface area contributed by atoms with Crippen LogP contribution in [0.15, 0.2) is 47.7 Å². The number of rotatable bonds is 9. The average Bonchev–Trinajstić information content (AvgIpc) is 3.21. The smallest absolute Gasteiger partial charge is 0.455 e. The Balaban J connectivity index is 1.47. The fraction of sp³-hybridized carbons (Fsp3) is 0.452. The fourth-order valence-corrected chi connectivity index (χ4v) is 7.38. The van der Waals surface area contributed by atoms with Gasteiger partial charge >= 0.3 is 7.12 Å². The molecule has 2 fully saturated rings. The number of amides is 2. The molecule has 0 unspecified atom stereocenters. The van der Waals surface area contributed by atoms with Crippen molar-refractivity contribution >= 4 is 53.2 Å². The number of likely N-dealkylation sites (tertiary alicyclic amines) is 1. The number of methoxy groups -OCH3 is 1. The summed E-state index contributed by atoms with van der Waals surface area (Å²) in [7, 11) is 0.525. The summed E-state index contributed by atoms with van der Waals surface area (Å²) in [5, 5.41) is 21.1. The molecule has 2 N–H and O–H groups in total. The Hall–Kier alpha value is -2.70. The number of hydrogen-bond acceptors (Lipinski definition) is 7. The second kappa shape index (κ2) is 12.7. The van der Waals surface area contributed by atoms with Crippen LogP contribution >= 0.6 is 22.6 Å². The third-order valence-electron chi connectivity index (χ3n) is 8.55. The van der Waals surface area contributed by atoms with E-state index in [9.17, 15) is 19.7 Å². The van der Waals surface area contributed by atoms with Gasteiger partial charge in [-0.2, -0.15) is 0 Å². The van der Waals surface area contributed by atoms with Crippen molar-refractivity contribution < 1.29 is 29.1 Å². The summed E-state index contributed by atoms with van der Waals surface area (Å²) in [6.45, 7) is 4.50. The summed E-state index contributed by atoms with van der Waals surface area (Å²) in [6.07, 6.45) is 7.00. The molecule has 0 saturated carbocycles. The second-order valence-corrected chi connectivity index (χ2v) is 12.1. The number of allylic oxidation sites excluding steroid dienone is 2. The van der Waals surface area contributed by atoms with Crippen molar-refractivity contribution in [1.82, 2.24) is 9.88 Å². The highest BCUT2D eigenvalue weighted by atomic mass is 127. The molecule has 2 aliphatic heterocycles. The molecule has 3 heterocycles. The Morgan fingerprint density at radius 3 is 2.73 bits per heavy atom. The lowest BCUT2D eigenvalue weighted by Crippen LogP contribution is -2.46. The van der Waals surface area contributed by atoms with Crippen molar-refractivity contribution in [3.63, 3.8) is 0 Å². The first-order valence-electron chi connectivity index (χ1n) is 14.4. The van der Waals surface area contributed by atoms with Crippen molar-refractivity contribution in [3.05, 3.63) is 62.5 Å². The van der Waals surface area contributed by atoms with Crippen LogP contribution in [0.25, 0.3) is 11.6 Å². The first kappa shape index (κ1) is 29.8. The van der Waals surface area contributed by atoms with Gasteiger partial charge in [-0.05, 0) is 114 Å². The minimum Gasteiger partial charge on any atom is -0.504 e. The number of phenols is 1. The van der Waals surface area contributed by atoms with Gasteiger partial charge in [0.1, 0.15) is 0 Å². The lowest BCUT2D eigenvalue weighted by molar-refractivity contribution is -0.140. The zero-order valence-electron chi connectivity index (χ0n) is 23.7. The summed E-state index contributed by atoms with van der Waals surface area (Å²) in [5.74, 6) is -0.654. The zero-order valence-corrected chi connectivity index (χ0v) is 25.8. The van der Waals surface area contributed by atoms with Crippen LogP contribution in [-0.2, 0) is 14.2 Å². The van der Waals surface area contributed by atoms with Gasteiger partial charge < -0.3 is 19.5 Å². The van der Waals surface area contributed by atoms with Crippen molar-refractivity contribution in [2.45, 2.75) is 58.4 Å². The topological polar surface area (TPSA) is 109 Å². The van der Waals surface area contributed by atoms with Gasteiger partial charge in [0.2, 0.25) is 11.8 Å². The molecule has 0 radical (unpaired) electrons. The number of carbonyl (C=O) groups is 2. The fourth-order valence-electron chi connectivity index (χ4n) is 6.76. The largest absolute Gasteiger partial charge is 0.504 e. The van der Waals surface area contributed by atoms with E-state index in [1.165, 1.54) is 17.6 Å². The predicted molar refractivity (Wildman–Crippen MR) is 166 cm³/mol. The van der Waals surface area contributed by atoms with E-state index in [4.69, 9.17) is 9.39 Å². The molecule has 0 bridgehead atoms. The summed E-state index contributed by atoms with van der Waals surface area (Å²) >= 11 is 2.08. The molecule has 8 nitrogen and oxygen atoms in total. The molecule has 10 heteroatoms. The van der Waals surface area contributed by atoms with Crippen LogP contribution in [-0.4, -0.2) is 58.7 Å². The zero-order chi connectivity index (χ0) is 29.3. The molecule has 1 aromatic heterocycles. The van der Waals surface area contributed by atoms with Crippen LogP contribution in [0.2, 0.25) is 6.32 Å². The standard InChI is InChI=1S/C31H36BIN2O6/c1-4-12-35-30(37)21-16-19(5-2)27-22(28(21)31(35)38)17-32(39)41-25(27)10-9-20(24-8-6-7-11-34-24)13-18-14-23(33)29(36)26(15-18)40-3/h6-8,11,13-15,21-22,25,28,36,39H,4-5,9-10,12,16-17H2,1-3H3/b20-13-/t21-,22+,25-,28-/m1/s1. The van der Waals surface area contributed by atoms with Crippen LogP contribution < -0.4 is 4.74 Å². The number of ether oxygens (including phenoxy) is 1. The highest BCUT2D eigenvalue weighted by Crippen LogP contribution is 2.51. The van der Waals surface area contributed by atoms with Gasteiger partial charge in [0.05, 0.1) is 34.3 Å². The highest BCUT2D eigenvalue weighted by molar-refractivity contribution is 14.1. The molecular weight excluding hydrogens is 634 g/mol. The van der Waals surface area contributed by atoms with E-state index in [1.807, 2.05) is 37.3 Å². The summed E-state index contributed by atoms with van der Waals surface area (Å²) in [6, 6.07) is 9.46. The van der Waals surface area contributed by atoms with Gasteiger partial charge in [0.15, 0.2) is 11.5 Å². The molecule has 216 valence electrons. The van der Waals surface area contributed by atoms with Crippen molar-refractivity contribution in [3.8, 4) is 11.5 Å². The molecule has 0 spiro atoms. The third-order valence-corrected chi connectivity index (χ3v) is 9.38. The number of aromatic nitrogens is 1. The molecule has 2 saturated heterocycles. The van der Waals surface area contributed by atoms with E-state index in [0.717, 1.165) is 35.2 Å². The summed E-state index contributed by atoms with van der Waals surface area (Å²) < 4.78 is 12.2. The number of nitrogens with zero attached hydrogens (tertiary/aromatic N) is 2. The summed E-state index contributed by atoms with van der Waals surface area (Å²) in [5.41, 5.74) is 4.94. The first-order valence-corrected chi connectivity index (χ1v) is 15.4. The molecule has 2 amide bonds. The minimum atomic E-state index is -1.00. The molecule has 4 atom stereocenters. The number of benzene rings is 1. The Kier molecular flexibility index (Phi) is 9.20. The maximum absolute atomic E-state index is 13.5. The number of pyridine rings is 1. The van der Waals surface area contributed by atoms with Gasteiger partial charge in [-0.15, -0.1) is 0 Å². The Bertz CT molecular complexity index is 1380. The van der Waals surface area contributed by atoms with Crippen LogP contribution in [0, 0.1) is 21.3 Å². The number of phenolic OH excluding ortho intramolecular Hbond substituents is 1. The predicted octanol–water partition coefficient (Wildman–Crippen LogP) is 5.34. The van der Waals surface area contributed by atoms with Crippen LogP contribution in [0.3, 0.4) is 0 Å². The van der Waals surface area contributed by atoms with E-state index < -0.39 is 13.0 Å². The van der Waals surface area contributed by atoms with Gasteiger partial charge in [-0.1, -0.05) is 25.5 Å². The van der Waals surface area contributed by atoms with Crippen LogP contribution in [0.5, 0.6) is 11.5 Å². The molecule has 3 aliphatic rings. The minimum absolute atomic E-state index is 0.0660. The SMILES string of the molecule is CCCN1C(=O)[C@@H]2[C@@H](CC(CC)=C3[C@@H](CC/C(=C/c4cc(I)c(O)c(OC)c4)c4ccccn4)OB(O)C[C@@H]32)C1=O. The lowest BCUT2D eigenvalue weighted by Gasteiger charge is -2.43. The third kappa shape index (κ3) is 5.83. The number of carbonyl (C=O) groups excluding carboxylic acids is 2. The first-order chi connectivity index (χ1) is 19.8. The molecule has 1 aliphatic carbocycles. The number of hydrogen-bond donors (Lipinski definition) is 2. The number of fused-ring (bicyclic) bond motifs is 3. The van der Waals surface area contributed by atoms with Gasteiger partial charge in [0, 0.05) is 12.7 Å². The van der Waals surface area contributed by atoms with E-state index in [1.54, 1.807) is 12.3 Å². The van der Waals surface area contributed by atoms with E-state index in [-0.39, 0.29) is 35.5 Å². The quantitative estimate of drug-likeness (QED) is 0.161. The van der Waals surface area contributed by atoms with Gasteiger partial charge in [0.25, 0.3) is 0 Å². The van der Waals surface area contributed by atoms with Crippen molar-refractivity contribution in [2.24, 2.45) is 17.8 Å². The van der Waals surface area contributed by atoms with Crippen LogP contribution in [0.4, 0.5) is 0 Å². The highest BCUT2D eigenvalue weighted by Gasteiger charge is 2.56. The van der Waals surface area contributed by atoms with E-state index in [0.29, 0.717) is 41.4 Å².